The lowest BCUT2D eigenvalue weighted by atomic mass is 9.89. The van der Waals surface area contributed by atoms with Crippen molar-refractivity contribution in [2.24, 2.45) is 61.9 Å². The number of amides is 2. The average molecular weight is 1300 g/mol. The summed E-state index contributed by atoms with van der Waals surface area (Å²) < 4.78 is 30.6. The Hall–Kier alpha value is -1.84. The van der Waals surface area contributed by atoms with E-state index in [1.807, 2.05) is 18.7 Å². The Morgan fingerprint density at radius 2 is 0.856 bits per heavy atom. The summed E-state index contributed by atoms with van der Waals surface area (Å²) in [5.41, 5.74) is 7.29. The first-order chi connectivity index (χ1) is 41.3. The van der Waals surface area contributed by atoms with Gasteiger partial charge in [0.2, 0.25) is 11.8 Å². The molecule has 0 spiro atoms. The van der Waals surface area contributed by atoms with Gasteiger partial charge in [0.1, 0.15) is 0 Å². The van der Waals surface area contributed by atoms with Crippen LogP contribution in [0.15, 0.2) is 0 Å². The molecule has 7 rings (SSSR count). The van der Waals surface area contributed by atoms with Crippen LogP contribution in [-0.4, -0.2) is 238 Å². The molecule has 2 atom stereocenters. The van der Waals surface area contributed by atoms with E-state index >= 15 is 0 Å². The fourth-order valence-corrected chi connectivity index (χ4v) is 13.4. The van der Waals surface area contributed by atoms with Crippen LogP contribution < -0.4 is 11.1 Å². The number of hydrogen-bond acceptors (Lipinski definition) is 15. The first-order valence-corrected chi connectivity index (χ1v) is 36.7. The number of aliphatic hydroxyl groups is 2. The number of nitrogens with zero attached hydrogens (tertiary/aromatic N) is 7. The number of hydrogen-bond donors (Lipinski definition) is 4. The van der Waals surface area contributed by atoms with Gasteiger partial charge in [0.15, 0.2) is 0 Å². The van der Waals surface area contributed by atoms with Crippen LogP contribution in [0.4, 0.5) is 0 Å². The summed E-state index contributed by atoms with van der Waals surface area (Å²) in [6.45, 7) is 73.3. The number of morpholine rings is 1. The topological polar surface area (TPSA) is 196 Å². The Bertz CT molecular complexity index is 1990. The molecule has 2 unspecified atom stereocenters. The molecule has 7 aliphatic heterocycles. The number of aliphatic hydroxyl groups excluding tert-OH is 1. The summed E-state index contributed by atoms with van der Waals surface area (Å²) in [6, 6.07) is 0. The van der Waals surface area contributed by atoms with Gasteiger partial charge in [-0.1, -0.05) is 138 Å². The van der Waals surface area contributed by atoms with Gasteiger partial charge in [0.05, 0.1) is 30.8 Å². The predicted octanol–water partition coefficient (Wildman–Crippen LogP) is 10.7. The number of nitrogens with one attached hydrogen (secondary N) is 1. The van der Waals surface area contributed by atoms with Crippen molar-refractivity contribution in [1.82, 2.24) is 39.6 Å². The monoisotopic (exact) mass is 1300 g/mol. The van der Waals surface area contributed by atoms with Crippen molar-refractivity contribution < 1.29 is 37.2 Å². The second kappa shape index (κ2) is 42.0. The van der Waals surface area contributed by atoms with Crippen LogP contribution in [0.5, 0.6) is 0 Å². The van der Waals surface area contributed by atoms with Gasteiger partial charge in [-0.2, -0.15) is 0 Å². The van der Waals surface area contributed by atoms with Crippen LogP contribution in [0.2, 0.25) is 0 Å². The molecule has 0 saturated carbocycles. The van der Waals surface area contributed by atoms with Crippen LogP contribution >= 0.6 is 0 Å². The zero-order chi connectivity index (χ0) is 68.7. The number of likely N-dealkylation sites (tertiary alicyclic amines) is 6. The summed E-state index contributed by atoms with van der Waals surface area (Å²) in [7, 11) is -3.11. The number of primary amides is 1. The van der Waals surface area contributed by atoms with Crippen molar-refractivity contribution in [3.63, 3.8) is 0 Å². The lowest BCUT2D eigenvalue weighted by Crippen LogP contribution is -2.47. The number of piperidine rings is 6. The quantitative estimate of drug-likeness (QED) is 0.144. The van der Waals surface area contributed by atoms with E-state index in [1.165, 1.54) is 84.5 Å². The summed E-state index contributed by atoms with van der Waals surface area (Å²) in [5.74, 6) is 2.00. The molecule has 534 valence electrons. The van der Waals surface area contributed by atoms with Crippen molar-refractivity contribution in [2.45, 2.75) is 241 Å². The highest BCUT2D eigenvalue weighted by atomic mass is 32.2. The summed E-state index contributed by atoms with van der Waals surface area (Å²) in [6.07, 6.45) is 15.2. The van der Waals surface area contributed by atoms with Crippen molar-refractivity contribution >= 4 is 22.4 Å². The molecule has 0 aromatic rings. The highest BCUT2D eigenvalue weighted by Crippen LogP contribution is 2.28. The van der Waals surface area contributed by atoms with Crippen molar-refractivity contribution in [3.05, 3.63) is 0 Å². The van der Waals surface area contributed by atoms with Gasteiger partial charge in [-0.25, -0.2) is 0 Å². The van der Waals surface area contributed by atoms with Crippen molar-refractivity contribution in [1.29, 1.82) is 0 Å². The molecule has 90 heavy (non-hydrogen) atoms. The Morgan fingerprint density at radius 3 is 1.22 bits per heavy atom. The van der Waals surface area contributed by atoms with Gasteiger partial charge in [0.25, 0.3) is 0 Å². The Labute approximate surface area is 556 Å². The molecule has 0 aromatic heterocycles. The molecule has 0 aromatic carbocycles. The highest BCUT2D eigenvalue weighted by molar-refractivity contribution is 7.59. The van der Waals surface area contributed by atoms with Crippen molar-refractivity contribution in [2.75, 3.05) is 157 Å². The molecule has 7 fully saturated rings. The van der Waals surface area contributed by atoms with Gasteiger partial charge in [-0.3, -0.25) is 9.59 Å². The first-order valence-electron chi connectivity index (χ1n) is 35.7. The van der Waals surface area contributed by atoms with Crippen LogP contribution in [0.3, 0.4) is 0 Å². The molecular weight excluding hydrogens is 1150 g/mol. The zero-order valence-corrected chi connectivity index (χ0v) is 63.3. The van der Waals surface area contributed by atoms with Crippen LogP contribution in [0.1, 0.15) is 229 Å². The largest absolute Gasteiger partial charge is 0.425 e. The Morgan fingerprint density at radius 1 is 0.511 bits per heavy atom. The molecule has 0 radical (unpaired) electrons. The van der Waals surface area contributed by atoms with Gasteiger partial charge in [0, 0.05) is 77.9 Å². The van der Waals surface area contributed by atoms with E-state index in [4.69, 9.17) is 23.1 Å². The highest BCUT2D eigenvalue weighted by Gasteiger charge is 2.33. The van der Waals surface area contributed by atoms with Gasteiger partial charge in [-0.05, 0) is 207 Å². The molecule has 0 bridgehead atoms. The third kappa shape index (κ3) is 46.3. The maximum Gasteiger partial charge on any atom is 0.425 e. The fraction of sp³-hybridized carbons (Fsp3) is 0.972. The molecule has 7 aliphatic rings. The number of carbonyl (C=O) groups is 2. The minimum Gasteiger partial charge on any atom is -0.393 e. The van der Waals surface area contributed by atoms with Crippen LogP contribution in [0, 0.1) is 56.2 Å². The minimum atomic E-state index is -3.11. The fourth-order valence-electron chi connectivity index (χ4n) is 13.4. The lowest BCUT2D eigenvalue weighted by Gasteiger charge is -2.38. The molecule has 7 saturated heterocycles. The molecule has 17 nitrogen and oxygen atoms in total. The molecular formula is C72H147N9O8S. The third-order valence-corrected chi connectivity index (χ3v) is 17.4. The number of ether oxygens (including phenoxy) is 1. The van der Waals surface area contributed by atoms with E-state index in [-0.39, 0.29) is 23.8 Å². The number of carbonyl (C=O) groups excluding carboxylic acids is 2. The van der Waals surface area contributed by atoms with E-state index in [2.05, 4.69) is 166 Å². The van der Waals surface area contributed by atoms with Gasteiger partial charge < -0.3 is 60.3 Å². The van der Waals surface area contributed by atoms with E-state index in [0.717, 1.165) is 149 Å². The lowest BCUT2D eigenvalue weighted by molar-refractivity contribution is -0.141. The SMILES string of the molecule is CC(C)(C)CN1CCC(C(=O)N2CCOCC2)CC1.CC(C)(C)CN1CCC(C)(O)CC1.CC(C)(C)CN1CCCC(C(N)=O)C1.CC(C)(C)CN1CCCCC1.CC(O)C1CCN(CC(C)(C)C)CC1.CCNCC1CCN(CC(C)(C)C)CC1.O=S(=O)=O. The van der Waals surface area contributed by atoms with E-state index in [9.17, 15) is 19.8 Å². The average Bonchev–Trinajstić information content (AvgIpc) is 3.04. The van der Waals surface area contributed by atoms with E-state index < -0.39 is 16.2 Å². The predicted molar refractivity (Wildman–Crippen MR) is 376 cm³/mol. The standard InChI is InChI=1S/C15H28N2O2.C13H28N2.C12H25NO.C11H22N2O.C11H23NO.C10H21N.O3S/c1-15(2,3)12-16-6-4-13(5-7-16)14(18)17-8-10-19-11-9-17;1-5-14-10-12-6-8-15(9-7-12)11-13(2,3)4;1-10(14)11-5-7-13(8-6-11)9-12(2,3)4;1-11(2,3)8-13-6-4-5-9(7-13)10(12)14;1-10(2,3)9-12-7-5-11(4,13)6-8-12;1-10(2,3)9-11-7-5-4-6-8-11;1-4(2)3/h13H,4-12H2,1-3H3;12,14H,5-11H2,1-4H3;10-11,14H,5-9H2,1-4H3;9H,4-8H2,1-3H3,(H2,12,14);13H,5-9H2,1-4H3;4-9H2,1-3H3;. The molecule has 5 N–H and O–H groups in total. The normalized spacial score (nSPS) is 22.6. The van der Waals surface area contributed by atoms with E-state index in [1.54, 1.807) is 0 Å². The maximum absolute atomic E-state index is 12.4. The first kappa shape index (κ1) is 86.2. The Kier molecular flexibility index (Phi) is 40.2. The molecule has 0 aliphatic carbocycles. The Balaban J connectivity index is 0.000000537. The second-order valence-electron chi connectivity index (χ2n) is 35.5. The van der Waals surface area contributed by atoms with E-state index in [0.29, 0.717) is 57.5 Å². The minimum absolute atomic E-state index is 0.0751. The molecule has 2 amide bonds. The maximum atomic E-state index is 12.4. The zero-order valence-electron chi connectivity index (χ0n) is 62.5. The molecule has 18 heteroatoms. The summed E-state index contributed by atoms with van der Waals surface area (Å²) in [5, 5.41) is 22.7. The summed E-state index contributed by atoms with van der Waals surface area (Å²) in [4.78, 5) is 40.5. The smallest absolute Gasteiger partial charge is 0.393 e. The van der Waals surface area contributed by atoms with Crippen LogP contribution in [0.25, 0.3) is 0 Å². The number of rotatable bonds is 12. The van der Waals surface area contributed by atoms with Gasteiger partial charge >= 0.3 is 10.6 Å². The third-order valence-electron chi connectivity index (χ3n) is 17.4. The van der Waals surface area contributed by atoms with Gasteiger partial charge in [-0.15, -0.1) is 12.6 Å². The number of nitrogens with two attached hydrogens (primary N) is 1. The second-order valence-corrected chi connectivity index (χ2v) is 35.9. The van der Waals surface area contributed by atoms with Crippen molar-refractivity contribution in [3.8, 4) is 0 Å². The summed E-state index contributed by atoms with van der Waals surface area (Å²) >= 11 is 0. The van der Waals surface area contributed by atoms with Crippen LogP contribution in [-0.2, 0) is 24.9 Å². The molecule has 7 heterocycles.